The molecule has 6 nitrogen and oxygen atoms in total. The number of ether oxygens (including phenoxy) is 1. The summed E-state index contributed by atoms with van der Waals surface area (Å²) in [5.74, 6) is -1.98. The van der Waals surface area contributed by atoms with Crippen molar-refractivity contribution >= 4 is 17.6 Å². The Hall–Kier alpha value is -4.26. The molecule has 38 heavy (non-hydrogen) atoms. The molecule has 1 saturated carbocycles. The first-order valence-corrected chi connectivity index (χ1v) is 12.7. The van der Waals surface area contributed by atoms with Crippen LogP contribution in [0.5, 0.6) is 5.75 Å². The van der Waals surface area contributed by atoms with Crippen LogP contribution in [0.2, 0.25) is 0 Å². The third-order valence-corrected chi connectivity index (χ3v) is 7.71. The minimum Gasteiger partial charge on any atom is -0.426 e. The normalized spacial score (nSPS) is 21.9. The number of benzene rings is 4. The van der Waals surface area contributed by atoms with Crippen molar-refractivity contribution in [2.24, 2.45) is 11.8 Å². The average Bonchev–Trinajstić information content (AvgIpc) is 3.28. The van der Waals surface area contributed by atoms with Gasteiger partial charge in [-0.05, 0) is 46.0 Å². The highest BCUT2D eigenvalue weighted by Crippen LogP contribution is 2.58. The molecule has 1 aliphatic heterocycles. The summed E-state index contributed by atoms with van der Waals surface area (Å²) in [7, 11) is 0. The molecule has 0 radical (unpaired) electrons. The zero-order chi connectivity index (χ0) is 26.2. The van der Waals surface area contributed by atoms with E-state index in [9.17, 15) is 19.8 Å². The first-order chi connectivity index (χ1) is 18.5. The third-order valence-electron chi connectivity index (χ3n) is 7.71. The predicted molar refractivity (Wildman–Crippen MR) is 143 cm³/mol. The van der Waals surface area contributed by atoms with Gasteiger partial charge in [-0.25, -0.2) is 0 Å². The Morgan fingerprint density at radius 3 is 2.05 bits per heavy atom. The lowest BCUT2D eigenvalue weighted by Crippen LogP contribution is -2.53. The molecular weight excluding hydrogens is 478 g/mol. The van der Waals surface area contributed by atoms with Crippen LogP contribution in [0.15, 0.2) is 103 Å². The lowest BCUT2D eigenvalue weighted by Gasteiger charge is -2.51. The van der Waals surface area contributed by atoms with Gasteiger partial charge in [-0.15, -0.1) is 0 Å². The Bertz CT molecular complexity index is 1440. The van der Waals surface area contributed by atoms with Crippen LogP contribution in [0.25, 0.3) is 11.1 Å². The summed E-state index contributed by atoms with van der Waals surface area (Å²) in [4.78, 5) is 25.5. The van der Waals surface area contributed by atoms with E-state index in [1.165, 1.54) is 0 Å². The molecule has 1 heterocycles. The summed E-state index contributed by atoms with van der Waals surface area (Å²) in [5.41, 5.74) is 5.26. The molecule has 1 amide bonds. The van der Waals surface area contributed by atoms with E-state index in [0.717, 1.165) is 33.5 Å². The molecule has 6 heteroatoms. The van der Waals surface area contributed by atoms with E-state index in [1.807, 2.05) is 97.1 Å². The Labute approximate surface area is 220 Å². The van der Waals surface area contributed by atoms with Crippen LogP contribution in [0.1, 0.15) is 28.5 Å². The molecular formula is C32H27NO5. The number of aliphatic hydroxyl groups is 2. The second kappa shape index (κ2) is 9.89. The number of amides is 1. The van der Waals surface area contributed by atoms with E-state index in [-0.39, 0.29) is 5.91 Å². The number of rotatable bonds is 6. The molecule has 1 aliphatic carbocycles. The van der Waals surface area contributed by atoms with Crippen LogP contribution < -0.4 is 10.1 Å². The Kier molecular flexibility index (Phi) is 6.27. The van der Waals surface area contributed by atoms with Crippen LogP contribution in [0.3, 0.4) is 0 Å². The highest BCUT2D eigenvalue weighted by atomic mass is 16.5. The topological polar surface area (TPSA) is 95.9 Å². The molecule has 190 valence electrons. The third kappa shape index (κ3) is 4.38. The van der Waals surface area contributed by atoms with Gasteiger partial charge in [0.05, 0.1) is 12.3 Å². The number of aliphatic hydroxyl groups excluding tert-OH is 1. The van der Waals surface area contributed by atoms with Crippen molar-refractivity contribution in [1.82, 2.24) is 0 Å². The fraction of sp³-hybridized carbons (Fsp3) is 0.188. The van der Waals surface area contributed by atoms with Crippen LogP contribution in [0, 0.1) is 11.8 Å². The van der Waals surface area contributed by atoms with Gasteiger partial charge in [0.2, 0.25) is 5.91 Å². The van der Waals surface area contributed by atoms with Crippen LogP contribution in [-0.4, -0.2) is 28.4 Å². The first-order valence-electron chi connectivity index (χ1n) is 12.7. The number of hydrogen-bond donors (Lipinski definition) is 3. The molecule has 6 rings (SSSR count). The molecule has 3 unspecified atom stereocenters. The van der Waals surface area contributed by atoms with Gasteiger partial charge in [-0.1, -0.05) is 84.9 Å². The maximum Gasteiger partial charge on any atom is 0.315 e. The number of carbonyl (C=O) groups excluding carboxylic acids is 2. The monoisotopic (exact) mass is 505 g/mol. The number of nitrogens with one attached hydrogen (secondary N) is 1. The van der Waals surface area contributed by atoms with Crippen LogP contribution >= 0.6 is 0 Å². The summed E-state index contributed by atoms with van der Waals surface area (Å²) in [6.07, 6.45) is -1.21. The summed E-state index contributed by atoms with van der Waals surface area (Å²) in [6, 6.07) is 32.1. The van der Waals surface area contributed by atoms with Crippen molar-refractivity contribution in [1.29, 1.82) is 0 Å². The fourth-order valence-electron chi connectivity index (χ4n) is 5.97. The Morgan fingerprint density at radius 2 is 1.42 bits per heavy atom. The van der Waals surface area contributed by atoms with Crippen molar-refractivity contribution in [2.75, 3.05) is 5.32 Å². The van der Waals surface area contributed by atoms with Gasteiger partial charge in [-0.3, -0.25) is 9.59 Å². The minimum absolute atomic E-state index is 0.0208. The highest BCUT2D eigenvalue weighted by molar-refractivity contribution is 6.00. The zero-order valence-electron chi connectivity index (χ0n) is 20.5. The van der Waals surface area contributed by atoms with Crippen molar-refractivity contribution in [3.05, 3.63) is 120 Å². The summed E-state index contributed by atoms with van der Waals surface area (Å²) >= 11 is 0. The van der Waals surface area contributed by atoms with E-state index in [1.54, 1.807) is 6.07 Å². The van der Waals surface area contributed by atoms with Gasteiger partial charge in [-0.2, -0.15) is 0 Å². The first kappa shape index (κ1) is 24.1. The van der Waals surface area contributed by atoms with Crippen LogP contribution in [0.4, 0.5) is 5.69 Å². The second-order valence-corrected chi connectivity index (χ2v) is 9.94. The summed E-state index contributed by atoms with van der Waals surface area (Å²) in [5, 5.41) is 23.6. The van der Waals surface area contributed by atoms with Gasteiger partial charge in [0.15, 0.2) is 6.29 Å². The van der Waals surface area contributed by atoms with Crippen molar-refractivity contribution in [2.45, 2.75) is 24.5 Å². The molecule has 0 aromatic heterocycles. The van der Waals surface area contributed by atoms with E-state index in [0.29, 0.717) is 12.2 Å². The standard InChI is InChI=1S/C32H27NO5/c34-26-18-23-15-14-22(17-25(23)33-26)21-12-7-13-24(16-21)38-32(37)30-27(19-8-3-1-4-9-19)29(31(35)36)28(30)20-10-5-2-6-11-20/h1-17,27-31,35-36H,18H2,(H,33,34)/t27-,28?,29?,30?/m1/s1. The molecule has 4 atom stereocenters. The van der Waals surface area contributed by atoms with E-state index < -0.39 is 35.9 Å². The smallest absolute Gasteiger partial charge is 0.315 e. The van der Waals surface area contributed by atoms with Gasteiger partial charge >= 0.3 is 5.97 Å². The summed E-state index contributed by atoms with van der Waals surface area (Å²) < 4.78 is 5.95. The largest absolute Gasteiger partial charge is 0.426 e. The zero-order valence-corrected chi connectivity index (χ0v) is 20.5. The molecule has 0 saturated heterocycles. The van der Waals surface area contributed by atoms with Gasteiger partial charge in [0.1, 0.15) is 5.75 Å². The van der Waals surface area contributed by atoms with Crippen molar-refractivity contribution in [3.8, 4) is 16.9 Å². The fourth-order valence-corrected chi connectivity index (χ4v) is 5.97. The molecule has 4 aromatic carbocycles. The summed E-state index contributed by atoms with van der Waals surface area (Å²) in [6.45, 7) is 0. The van der Waals surface area contributed by atoms with Gasteiger partial charge < -0.3 is 20.3 Å². The van der Waals surface area contributed by atoms with Gasteiger partial charge in [0.25, 0.3) is 0 Å². The van der Waals surface area contributed by atoms with Crippen molar-refractivity contribution < 1.29 is 24.5 Å². The lowest BCUT2D eigenvalue weighted by atomic mass is 9.52. The van der Waals surface area contributed by atoms with E-state index >= 15 is 0 Å². The lowest BCUT2D eigenvalue weighted by molar-refractivity contribution is -0.168. The van der Waals surface area contributed by atoms with Gasteiger partial charge in [0, 0.05) is 23.4 Å². The molecule has 2 aliphatic rings. The van der Waals surface area contributed by atoms with Crippen LogP contribution in [-0.2, 0) is 16.0 Å². The highest BCUT2D eigenvalue weighted by Gasteiger charge is 2.58. The number of carbonyl (C=O) groups is 2. The SMILES string of the molecule is O=C1Cc2ccc(-c3cccc(OC(=O)C4C(c5ccccc5)C(C(O)O)[C@H]4c4ccccc4)c3)cc2N1. The number of hydrogen-bond acceptors (Lipinski definition) is 5. The average molecular weight is 506 g/mol. The Morgan fingerprint density at radius 1 is 0.789 bits per heavy atom. The maximum absolute atomic E-state index is 13.7. The maximum atomic E-state index is 13.7. The second-order valence-electron chi connectivity index (χ2n) is 9.94. The number of esters is 1. The molecule has 0 spiro atoms. The number of anilines is 1. The molecule has 3 N–H and O–H groups in total. The molecule has 4 aromatic rings. The molecule has 1 fully saturated rings. The van der Waals surface area contributed by atoms with E-state index in [4.69, 9.17) is 4.74 Å². The molecule has 0 bridgehead atoms. The van der Waals surface area contributed by atoms with E-state index in [2.05, 4.69) is 5.32 Å². The quantitative estimate of drug-likeness (QED) is 0.197. The Balaban J connectivity index is 1.31. The predicted octanol–water partition coefficient (Wildman–Crippen LogP) is 4.88. The number of fused-ring (bicyclic) bond motifs is 1. The minimum atomic E-state index is -1.59. The van der Waals surface area contributed by atoms with Crippen molar-refractivity contribution in [3.63, 3.8) is 0 Å².